The highest BCUT2D eigenvalue weighted by Gasteiger charge is 2.01. The molecule has 0 saturated heterocycles. The van der Waals surface area contributed by atoms with Crippen molar-refractivity contribution < 1.29 is 0 Å². The lowest BCUT2D eigenvalue weighted by atomic mass is 10.0. The van der Waals surface area contributed by atoms with Gasteiger partial charge in [0.15, 0.2) is 0 Å². The Kier molecular flexibility index (Phi) is 4.80. The highest BCUT2D eigenvalue weighted by atomic mass is 15.0. The highest BCUT2D eigenvalue weighted by Crippen LogP contribution is 2.16. The molecule has 0 fully saturated rings. The summed E-state index contributed by atoms with van der Waals surface area (Å²) in [6.07, 6.45) is 11.3. The quantitative estimate of drug-likeness (QED) is 0.657. The number of benzene rings is 1. The average molecular weight is 244 g/mol. The van der Waals surface area contributed by atoms with Gasteiger partial charge in [-0.15, -0.1) is 0 Å². The van der Waals surface area contributed by atoms with Crippen LogP contribution in [0.3, 0.4) is 0 Å². The second kappa shape index (κ2) is 6.58. The molecule has 0 bridgehead atoms. The number of aryl methyl sites for hydroxylation is 2. The van der Waals surface area contributed by atoms with Gasteiger partial charge in [0.1, 0.15) is 0 Å². The first kappa shape index (κ1) is 13.1. The predicted molar refractivity (Wildman–Crippen MR) is 77.8 cm³/mol. The first-order valence-corrected chi connectivity index (χ1v) is 7.21. The van der Waals surface area contributed by atoms with E-state index in [0.29, 0.717) is 0 Å². The molecule has 1 heterocycles. The lowest BCUT2D eigenvalue weighted by Gasteiger charge is -2.02. The third-order valence-electron chi connectivity index (χ3n) is 3.61. The Balaban J connectivity index is 1.81. The minimum Gasteiger partial charge on any atom is -0.334 e. The Labute approximate surface area is 110 Å². The molecule has 2 heteroatoms. The summed E-state index contributed by atoms with van der Waals surface area (Å²) in [5, 5.41) is 0. The van der Waals surface area contributed by atoms with Crippen LogP contribution in [-0.4, -0.2) is 9.55 Å². The zero-order valence-electron chi connectivity index (χ0n) is 11.7. The summed E-state index contributed by atoms with van der Waals surface area (Å²) in [4.78, 5) is 4.41. The van der Waals surface area contributed by atoms with E-state index in [-0.39, 0.29) is 0 Å². The van der Waals surface area contributed by atoms with Gasteiger partial charge in [-0.2, -0.15) is 0 Å². The van der Waals surface area contributed by atoms with Gasteiger partial charge in [0.25, 0.3) is 0 Å². The van der Waals surface area contributed by atoms with Crippen molar-refractivity contribution in [3.05, 3.63) is 30.1 Å². The number of unbranched alkanes of at least 4 members (excludes halogenated alkanes) is 5. The van der Waals surface area contributed by atoms with Crippen LogP contribution in [0.4, 0.5) is 0 Å². The van der Waals surface area contributed by atoms with E-state index in [0.717, 1.165) is 5.52 Å². The summed E-state index contributed by atoms with van der Waals surface area (Å²) in [7, 11) is 2.04. The molecule has 0 atom stereocenters. The maximum absolute atomic E-state index is 4.41. The summed E-state index contributed by atoms with van der Waals surface area (Å²) in [6, 6.07) is 6.67. The van der Waals surface area contributed by atoms with Crippen molar-refractivity contribution in [2.45, 2.75) is 51.9 Å². The first-order valence-electron chi connectivity index (χ1n) is 7.21. The van der Waals surface area contributed by atoms with Gasteiger partial charge < -0.3 is 4.57 Å². The second-order valence-electron chi connectivity index (χ2n) is 5.20. The summed E-state index contributed by atoms with van der Waals surface area (Å²) in [6.45, 7) is 2.27. The molecule has 0 saturated carbocycles. The Morgan fingerprint density at radius 2 is 1.83 bits per heavy atom. The number of aromatic nitrogens is 2. The molecule has 0 unspecified atom stereocenters. The first-order chi connectivity index (χ1) is 8.81. The van der Waals surface area contributed by atoms with Crippen molar-refractivity contribution >= 4 is 11.0 Å². The van der Waals surface area contributed by atoms with Gasteiger partial charge in [-0.25, -0.2) is 4.98 Å². The van der Waals surface area contributed by atoms with Crippen LogP contribution < -0.4 is 0 Å². The smallest absolute Gasteiger partial charge is 0.0955 e. The van der Waals surface area contributed by atoms with Crippen LogP contribution in [0.1, 0.15) is 51.0 Å². The number of fused-ring (bicyclic) bond motifs is 1. The number of imidazole rings is 1. The fourth-order valence-corrected chi connectivity index (χ4v) is 2.45. The van der Waals surface area contributed by atoms with E-state index < -0.39 is 0 Å². The van der Waals surface area contributed by atoms with Crippen molar-refractivity contribution in [2.75, 3.05) is 0 Å². The molecule has 0 aliphatic rings. The Hall–Kier alpha value is -1.31. The van der Waals surface area contributed by atoms with Crippen molar-refractivity contribution in [2.24, 2.45) is 7.05 Å². The number of hydrogen-bond acceptors (Lipinski definition) is 1. The topological polar surface area (TPSA) is 17.8 Å². The van der Waals surface area contributed by atoms with Crippen LogP contribution in [0.5, 0.6) is 0 Å². The standard InChI is InChI=1S/C16H24N2/c1-3-4-5-6-7-8-9-14-10-11-16-15(12-14)17-13-18(16)2/h10-13H,3-9H2,1-2H3. The van der Waals surface area contributed by atoms with Gasteiger partial charge in [-0.05, 0) is 30.5 Å². The molecule has 0 aliphatic carbocycles. The largest absolute Gasteiger partial charge is 0.334 e. The van der Waals surface area contributed by atoms with Crippen molar-refractivity contribution in [3.8, 4) is 0 Å². The molecule has 2 aromatic rings. The van der Waals surface area contributed by atoms with Crippen molar-refractivity contribution in [1.29, 1.82) is 0 Å². The van der Waals surface area contributed by atoms with E-state index >= 15 is 0 Å². The number of nitrogens with zero attached hydrogens (tertiary/aromatic N) is 2. The summed E-state index contributed by atoms with van der Waals surface area (Å²) < 4.78 is 2.07. The average Bonchev–Trinajstić information content (AvgIpc) is 2.75. The molecule has 18 heavy (non-hydrogen) atoms. The van der Waals surface area contributed by atoms with Gasteiger partial charge in [0.05, 0.1) is 17.4 Å². The molecule has 98 valence electrons. The molecule has 2 nitrogen and oxygen atoms in total. The lowest BCUT2D eigenvalue weighted by Crippen LogP contribution is -1.88. The second-order valence-corrected chi connectivity index (χ2v) is 5.20. The van der Waals surface area contributed by atoms with E-state index in [2.05, 4.69) is 34.7 Å². The molecule has 0 spiro atoms. The molecular formula is C16H24N2. The van der Waals surface area contributed by atoms with Gasteiger partial charge in [-0.1, -0.05) is 45.1 Å². The van der Waals surface area contributed by atoms with Crippen LogP contribution in [0.2, 0.25) is 0 Å². The van der Waals surface area contributed by atoms with Crippen LogP contribution in [0.25, 0.3) is 11.0 Å². The molecule has 2 rings (SSSR count). The third-order valence-corrected chi connectivity index (χ3v) is 3.61. The zero-order chi connectivity index (χ0) is 12.8. The van der Waals surface area contributed by atoms with Gasteiger partial charge in [0, 0.05) is 7.05 Å². The maximum Gasteiger partial charge on any atom is 0.0955 e. The molecular weight excluding hydrogens is 220 g/mol. The molecule has 1 aromatic heterocycles. The monoisotopic (exact) mass is 244 g/mol. The highest BCUT2D eigenvalue weighted by molar-refractivity contribution is 5.75. The Bertz CT molecular complexity index is 485. The summed E-state index contributed by atoms with van der Waals surface area (Å²) in [5.74, 6) is 0. The van der Waals surface area contributed by atoms with Gasteiger partial charge in [0.2, 0.25) is 0 Å². The SMILES string of the molecule is CCCCCCCCc1ccc2c(c1)ncn2C. The normalized spacial score (nSPS) is 11.2. The van der Waals surface area contributed by atoms with E-state index in [1.165, 1.54) is 56.0 Å². The Morgan fingerprint density at radius 1 is 1.06 bits per heavy atom. The Morgan fingerprint density at radius 3 is 2.67 bits per heavy atom. The van der Waals surface area contributed by atoms with E-state index in [1.807, 2.05) is 13.4 Å². The fourth-order valence-electron chi connectivity index (χ4n) is 2.45. The van der Waals surface area contributed by atoms with Crippen LogP contribution in [0.15, 0.2) is 24.5 Å². The van der Waals surface area contributed by atoms with Crippen molar-refractivity contribution in [1.82, 2.24) is 9.55 Å². The van der Waals surface area contributed by atoms with E-state index in [9.17, 15) is 0 Å². The number of hydrogen-bond donors (Lipinski definition) is 0. The van der Waals surface area contributed by atoms with Crippen LogP contribution in [-0.2, 0) is 13.5 Å². The van der Waals surface area contributed by atoms with Crippen LogP contribution >= 0.6 is 0 Å². The molecule has 0 amide bonds. The van der Waals surface area contributed by atoms with Gasteiger partial charge in [-0.3, -0.25) is 0 Å². The number of rotatable bonds is 7. The molecule has 1 aromatic carbocycles. The fraction of sp³-hybridized carbons (Fsp3) is 0.562. The van der Waals surface area contributed by atoms with E-state index in [4.69, 9.17) is 0 Å². The molecule has 0 aliphatic heterocycles. The van der Waals surface area contributed by atoms with Gasteiger partial charge >= 0.3 is 0 Å². The maximum atomic E-state index is 4.41. The third kappa shape index (κ3) is 3.34. The predicted octanol–water partition coefficient (Wildman–Crippen LogP) is 4.48. The lowest BCUT2D eigenvalue weighted by molar-refractivity contribution is 0.607. The minimum atomic E-state index is 1.13. The van der Waals surface area contributed by atoms with Crippen LogP contribution in [0, 0.1) is 0 Å². The van der Waals surface area contributed by atoms with E-state index in [1.54, 1.807) is 0 Å². The summed E-state index contributed by atoms with van der Waals surface area (Å²) in [5.41, 5.74) is 3.78. The summed E-state index contributed by atoms with van der Waals surface area (Å²) >= 11 is 0. The van der Waals surface area contributed by atoms with Crippen molar-refractivity contribution in [3.63, 3.8) is 0 Å². The molecule has 0 radical (unpaired) electrons. The zero-order valence-corrected chi connectivity index (χ0v) is 11.7. The minimum absolute atomic E-state index is 1.13. The molecule has 0 N–H and O–H groups in total.